The van der Waals surface area contributed by atoms with E-state index in [1.807, 2.05) is 19.1 Å². The maximum Gasteiger partial charge on any atom is 0.175 e. The molecule has 1 atom stereocenters. The van der Waals surface area contributed by atoms with E-state index in [2.05, 4.69) is 35.1 Å². The molecule has 1 aromatic rings. The van der Waals surface area contributed by atoms with Crippen molar-refractivity contribution in [1.82, 2.24) is 5.32 Å². The van der Waals surface area contributed by atoms with E-state index < -0.39 is 0 Å². The average molecular weight is 360 g/mol. The minimum absolute atomic E-state index is 0.111. The Morgan fingerprint density at radius 2 is 2.05 bits per heavy atom. The average Bonchev–Trinajstić information content (AvgIpc) is 2.51. The Bertz CT molecular complexity index is 447. The van der Waals surface area contributed by atoms with Gasteiger partial charge in [0.1, 0.15) is 0 Å². The van der Waals surface area contributed by atoms with Gasteiger partial charge in [-0.3, -0.25) is 0 Å². The van der Waals surface area contributed by atoms with E-state index in [-0.39, 0.29) is 12.1 Å². The minimum Gasteiger partial charge on any atom is -0.493 e. The molecule has 0 saturated heterocycles. The van der Waals surface area contributed by atoms with Crippen LogP contribution in [0.1, 0.15) is 39.2 Å². The van der Waals surface area contributed by atoms with Crippen molar-refractivity contribution in [2.75, 3.05) is 20.3 Å². The second-order valence-electron chi connectivity index (χ2n) is 5.38. The predicted octanol–water partition coefficient (Wildman–Crippen LogP) is 3.50. The van der Waals surface area contributed by atoms with E-state index >= 15 is 0 Å². The van der Waals surface area contributed by atoms with Crippen LogP contribution in [0.25, 0.3) is 0 Å². The molecule has 120 valence electrons. The number of rotatable bonds is 9. The van der Waals surface area contributed by atoms with E-state index in [9.17, 15) is 5.11 Å². The number of hydrogen-bond acceptors (Lipinski definition) is 4. The zero-order chi connectivity index (χ0) is 15.9. The van der Waals surface area contributed by atoms with Crippen molar-refractivity contribution >= 4 is 15.9 Å². The summed E-state index contributed by atoms with van der Waals surface area (Å²) in [5.41, 5.74) is 0.813. The first-order chi connectivity index (χ1) is 9.99. The van der Waals surface area contributed by atoms with Crippen LogP contribution in [-0.4, -0.2) is 31.0 Å². The van der Waals surface area contributed by atoms with Crippen molar-refractivity contribution < 1.29 is 14.6 Å². The summed E-state index contributed by atoms with van der Waals surface area (Å²) in [6.45, 7) is 7.57. The van der Waals surface area contributed by atoms with Gasteiger partial charge in [0.15, 0.2) is 11.5 Å². The molecule has 2 N–H and O–H groups in total. The number of aliphatic hydroxyl groups excluding tert-OH is 1. The zero-order valence-electron chi connectivity index (χ0n) is 13.3. The molecule has 0 aliphatic heterocycles. The van der Waals surface area contributed by atoms with Crippen molar-refractivity contribution in [3.8, 4) is 11.5 Å². The lowest BCUT2D eigenvalue weighted by atomic mass is 10.00. The highest BCUT2D eigenvalue weighted by molar-refractivity contribution is 9.10. The molecular weight excluding hydrogens is 334 g/mol. The molecule has 0 bridgehead atoms. The third kappa shape index (κ3) is 5.16. The molecule has 0 aliphatic carbocycles. The number of benzene rings is 1. The molecule has 21 heavy (non-hydrogen) atoms. The first-order valence-electron chi connectivity index (χ1n) is 7.34. The number of methoxy groups -OCH3 is 1. The minimum atomic E-state index is -0.267. The lowest BCUT2D eigenvalue weighted by Crippen LogP contribution is -2.44. The molecule has 0 radical (unpaired) electrons. The van der Waals surface area contributed by atoms with Gasteiger partial charge in [-0.25, -0.2) is 0 Å². The number of nitrogens with one attached hydrogen (secondary N) is 1. The quantitative estimate of drug-likeness (QED) is 0.708. The molecule has 4 nitrogen and oxygen atoms in total. The van der Waals surface area contributed by atoms with Crippen molar-refractivity contribution in [1.29, 1.82) is 0 Å². The van der Waals surface area contributed by atoms with Crippen LogP contribution in [-0.2, 0) is 6.54 Å². The highest BCUT2D eigenvalue weighted by Crippen LogP contribution is 2.36. The molecular formula is C16H26BrNO3. The van der Waals surface area contributed by atoms with Crippen LogP contribution in [0.5, 0.6) is 11.5 Å². The van der Waals surface area contributed by atoms with Crippen LogP contribution < -0.4 is 14.8 Å². The maximum absolute atomic E-state index is 9.44. The summed E-state index contributed by atoms with van der Waals surface area (Å²) in [4.78, 5) is 0. The van der Waals surface area contributed by atoms with Gasteiger partial charge in [-0.05, 0) is 53.4 Å². The van der Waals surface area contributed by atoms with Crippen molar-refractivity contribution in [3.05, 3.63) is 22.2 Å². The van der Waals surface area contributed by atoms with Gasteiger partial charge in [0, 0.05) is 12.1 Å². The van der Waals surface area contributed by atoms with Gasteiger partial charge < -0.3 is 19.9 Å². The summed E-state index contributed by atoms with van der Waals surface area (Å²) >= 11 is 3.54. The number of ether oxygens (including phenoxy) is 2. The van der Waals surface area contributed by atoms with E-state index in [1.165, 1.54) is 0 Å². The summed E-state index contributed by atoms with van der Waals surface area (Å²) in [5.74, 6) is 1.46. The summed E-state index contributed by atoms with van der Waals surface area (Å²) in [6, 6.07) is 3.99. The second-order valence-corrected chi connectivity index (χ2v) is 6.24. The third-order valence-corrected chi connectivity index (χ3v) is 4.18. The van der Waals surface area contributed by atoms with Gasteiger partial charge in [-0.15, -0.1) is 0 Å². The van der Waals surface area contributed by atoms with Crippen LogP contribution in [0.3, 0.4) is 0 Å². The van der Waals surface area contributed by atoms with Gasteiger partial charge >= 0.3 is 0 Å². The maximum atomic E-state index is 9.44. The first kappa shape index (κ1) is 18.3. The van der Waals surface area contributed by atoms with Crippen LogP contribution in [0.2, 0.25) is 0 Å². The lowest BCUT2D eigenvalue weighted by Gasteiger charge is -2.27. The Hall–Kier alpha value is -0.780. The molecule has 0 saturated carbocycles. The Balaban J connectivity index is 2.88. The fourth-order valence-electron chi connectivity index (χ4n) is 1.83. The topological polar surface area (TPSA) is 50.7 Å². The summed E-state index contributed by atoms with van der Waals surface area (Å²) in [6.07, 6.45) is 1.81. The van der Waals surface area contributed by atoms with Crippen molar-refractivity contribution in [3.63, 3.8) is 0 Å². The largest absolute Gasteiger partial charge is 0.493 e. The highest BCUT2D eigenvalue weighted by atomic mass is 79.9. The third-order valence-electron chi connectivity index (χ3n) is 3.59. The van der Waals surface area contributed by atoms with Crippen LogP contribution in [0.4, 0.5) is 0 Å². The van der Waals surface area contributed by atoms with Gasteiger partial charge in [-0.2, -0.15) is 0 Å². The number of aliphatic hydroxyl groups is 1. The van der Waals surface area contributed by atoms with E-state index in [4.69, 9.17) is 9.47 Å². The van der Waals surface area contributed by atoms with Crippen molar-refractivity contribution in [2.45, 2.75) is 45.7 Å². The lowest BCUT2D eigenvalue weighted by molar-refractivity contribution is 0.169. The standard InChI is InChI=1S/C16H26BrNO3/c1-5-7-21-15-13(17)8-12(9-14(15)20-4)10-18-16(3,6-2)11-19/h8-9,18-19H,5-7,10-11H2,1-4H3. The van der Waals surface area contributed by atoms with E-state index in [0.29, 0.717) is 13.2 Å². The summed E-state index contributed by atoms with van der Waals surface area (Å²) in [5, 5.41) is 12.8. The molecule has 1 rings (SSSR count). The zero-order valence-corrected chi connectivity index (χ0v) is 14.9. The molecule has 1 unspecified atom stereocenters. The Morgan fingerprint density at radius 1 is 1.33 bits per heavy atom. The molecule has 1 aromatic carbocycles. The fraction of sp³-hybridized carbons (Fsp3) is 0.625. The molecule has 0 heterocycles. The van der Waals surface area contributed by atoms with Gasteiger partial charge in [-0.1, -0.05) is 13.8 Å². The van der Waals surface area contributed by atoms with Gasteiger partial charge in [0.05, 0.1) is 24.8 Å². The van der Waals surface area contributed by atoms with E-state index in [0.717, 1.165) is 34.4 Å². The molecule has 0 aliphatic rings. The van der Waals surface area contributed by atoms with Gasteiger partial charge in [0.2, 0.25) is 0 Å². The molecule has 0 aromatic heterocycles. The summed E-state index contributed by atoms with van der Waals surface area (Å²) in [7, 11) is 1.64. The van der Waals surface area contributed by atoms with Crippen molar-refractivity contribution in [2.24, 2.45) is 0 Å². The monoisotopic (exact) mass is 359 g/mol. The van der Waals surface area contributed by atoms with E-state index in [1.54, 1.807) is 7.11 Å². The van der Waals surface area contributed by atoms with Crippen LogP contribution in [0.15, 0.2) is 16.6 Å². The van der Waals surface area contributed by atoms with Crippen LogP contribution >= 0.6 is 15.9 Å². The smallest absolute Gasteiger partial charge is 0.175 e. The Morgan fingerprint density at radius 3 is 2.57 bits per heavy atom. The normalized spacial score (nSPS) is 13.8. The second kappa shape index (κ2) is 8.61. The molecule has 5 heteroatoms. The number of halogens is 1. The molecule has 0 fully saturated rings. The number of hydrogen-bond donors (Lipinski definition) is 2. The van der Waals surface area contributed by atoms with Gasteiger partial charge in [0.25, 0.3) is 0 Å². The Labute approximate surface area is 136 Å². The Kier molecular flexibility index (Phi) is 7.49. The fourth-order valence-corrected chi connectivity index (χ4v) is 2.43. The summed E-state index contributed by atoms with van der Waals surface area (Å²) < 4.78 is 12.0. The van der Waals surface area contributed by atoms with Crippen LogP contribution in [0, 0.1) is 0 Å². The SMILES string of the molecule is CCCOc1c(Br)cc(CNC(C)(CC)CO)cc1OC. The predicted molar refractivity (Wildman–Crippen MR) is 89.1 cm³/mol. The molecule has 0 spiro atoms. The molecule has 0 amide bonds. The first-order valence-corrected chi connectivity index (χ1v) is 8.14. The highest BCUT2D eigenvalue weighted by Gasteiger charge is 2.20.